The van der Waals surface area contributed by atoms with Crippen molar-refractivity contribution < 1.29 is 4.79 Å². The molecule has 0 bridgehead atoms. The van der Waals surface area contributed by atoms with E-state index in [1.165, 1.54) is 11.3 Å². The van der Waals surface area contributed by atoms with Crippen molar-refractivity contribution in [3.05, 3.63) is 58.9 Å². The maximum absolute atomic E-state index is 12.1. The lowest BCUT2D eigenvalue weighted by atomic mass is 9.95. The number of amides is 1. The van der Waals surface area contributed by atoms with Crippen LogP contribution in [0.1, 0.15) is 20.8 Å². The smallest absolute Gasteiger partial charge is 0.229 e. The fourth-order valence-corrected chi connectivity index (χ4v) is 3.13. The van der Waals surface area contributed by atoms with Crippen molar-refractivity contribution in [2.24, 2.45) is 5.41 Å². The lowest BCUT2D eigenvalue weighted by molar-refractivity contribution is -0.123. The number of carbonyl (C=O) groups excluding carboxylic acids is 1. The average molecular weight is 386 g/mol. The number of rotatable bonds is 4. The molecule has 3 aromatic rings. The Kier molecular flexibility index (Phi) is 5.30. The normalized spacial score (nSPS) is 11.2. The van der Waals surface area contributed by atoms with Gasteiger partial charge in [-0.3, -0.25) is 4.79 Å². The van der Waals surface area contributed by atoms with Gasteiger partial charge in [0.05, 0.1) is 5.69 Å². The number of aromatic nitrogens is 1. The number of thiazole rings is 1. The molecule has 0 saturated heterocycles. The number of hydrogen-bond donors (Lipinski definition) is 2. The van der Waals surface area contributed by atoms with Crippen LogP contribution < -0.4 is 10.6 Å². The summed E-state index contributed by atoms with van der Waals surface area (Å²) in [5, 5.41) is 9.65. The first-order valence-electron chi connectivity index (χ1n) is 8.21. The minimum atomic E-state index is -0.422. The molecule has 0 aliphatic heterocycles. The molecule has 0 atom stereocenters. The van der Waals surface area contributed by atoms with Crippen molar-refractivity contribution in [1.29, 1.82) is 0 Å². The molecule has 0 saturated carbocycles. The van der Waals surface area contributed by atoms with Gasteiger partial charge in [0.2, 0.25) is 5.91 Å². The van der Waals surface area contributed by atoms with Gasteiger partial charge in [0.1, 0.15) is 0 Å². The molecule has 0 unspecified atom stereocenters. The van der Waals surface area contributed by atoms with E-state index in [-0.39, 0.29) is 5.91 Å². The van der Waals surface area contributed by atoms with Crippen molar-refractivity contribution in [3.8, 4) is 11.3 Å². The average Bonchev–Trinajstić information content (AvgIpc) is 3.03. The van der Waals surface area contributed by atoms with Crippen LogP contribution in [-0.4, -0.2) is 10.9 Å². The Morgan fingerprint density at radius 1 is 1.08 bits per heavy atom. The molecule has 0 fully saturated rings. The van der Waals surface area contributed by atoms with E-state index in [4.69, 9.17) is 11.6 Å². The molecule has 4 nitrogen and oxygen atoms in total. The first-order chi connectivity index (χ1) is 12.3. The van der Waals surface area contributed by atoms with E-state index in [1.54, 1.807) is 0 Å². The number of anilines is 3. The zero-order valence-corrected chi connectivity index (χ0v) is 16.4. The molecule has 1 heterocycles. The zero-order valence-electron chi connectivity index (χ0n) is 14.8. The molecule has 0 aliphatic rings. The second-order valence-electron chi connectivity index (χ2n) is 6.95. The summed E-state index contributed by atoms with van der Waals surface area (Å²) in [7, 11) is 0. The Labute approximate surface area is 162 Å². The van der Waals surface area contributed by atoms with Crippen molar-refractivity contribution >= 4 is 45.4 Å². The Bertz CT molecular complexity index is 913. The Morgan fingerprint density at radius 3 is 2.46 bits per heavy atom. The summed E-state index contributed by atoms with van der Waals surface area (Å²) in [6.45, 7) is 5.67. The van der Waals surface area contributed by atoms with Crippen molar-refractivity contribution in [2.75, 3.05) is 10.6 Å². The number of halogens is 1. The van der Waals surface area contributed by atoms with E-state index in [2.05, 4.69) is 15.6 Å². The molecule has 134 valence electrons. The molecule has 1 amide bonds. The maximum Gasteiger partial charge on any atom is 0.229 e. The van der Waals surface area contributed by atoms with Gasteiger partial charge in [-0.1, -0.05) is 50.6 Å². The Hall–Kier alpha value is -2.37. The molecule has 0 spiro atoms. The quantitative estimate of drug-likeness (QED) is 0.562. The lowest BCUT2D eigenvalue weighted by Gasteiger charge is -2.17. The summed E-state index contributed by atoms with van der Waals surface area (Å²) in [6, 6.07) is 15.2. The predicted molar refractivity (Wildman–Crippen MR) is 110 cm³/mol. The molecule has 2 N–H and O–H groups in total. The van der Waals surface area contributed by atoms with Gasteiger partial charge in [-0.15, -0.1) is 11.3 Å². The topological polar surface area (TPSA) is 54.0 Å². The standard InChI is InChI=1S/C20H20ClN3OS/c1-20(2,3)18(25)22-15-9-7-13(8-10-15)17-12-26-19(24-17)23-16-6-4-5-14(21)11-16/h4-12H,1-3H3,(H,22,25)(H,23,24). The highest BCUT2D eigenvalue weighted by Gasteiger charge is 2.21. The van der Waals surface area contributed by atoms with Crippen LogP contribution in [0.2, 0.25) is 5.02 Å². The van der Waals surface area contributed by atoms with Gasteiger partial charge in [0, 0.05) is 32.8 Å². The van der Waals surface area contributed by atoms with Crippen LogP contribution in [0.4, 0.5) is 16.5 Å². The molecular weight excluding hydrogens is 366 g/mol. The number of carbonyl (C=O) groups is 1. The van der Waals surface area contributed by atoms with Crippen LogP contribution >= 0.6 is 22.9 Å². The third-order valence-corrected chi connectivity index (χ3v) is 4.69. The third-order valence-electron chi connectivity index (χ3n) is 3.70. The van der Waals surface area contributed by atoms with Crippen LogP contribution in [0.3, 0.4) is 0 Å². The number of nitrogens with one attached hydrogen (secondary N) is 2. The number of hydrogen-bond acceptors (Lipinski definition) is 4. The first-order valence-corrected chi connectivity index (χ1v) is 9.47. The van der Waals surface area contributed by atoms with Crippen molar-refractivity contribution in [2.45, 2.75) is 20.8 Å². The molecule has 6 heteroatoms. The second-order valence-corrected chi connectivity index (χ2v) is 8.25. The Balaban J connectivity index is 1.70. The van der Waals surface area contributed by atoms with Crippen LogP contribution in [0.15, 0.2) is 53.9 Å². The van der Waals surface area contributed by atoms with Gasteiger partial charge in [-0.05, 0) is 30.3 Å². The number of benzene rings is 2. The summed E-state index contributed by atoms with van der Waals surface area (Å²) in [5.41, 5.74) is 3.14. The largest absolute Gasteiger partial charge is 0.331 e. The highest BCUT2D eigenvalue weighted by atomic mass is 35.5. The molecule has 2 aromatic carbocycles. The summed E-state index contributed by atoms with van der Waals surface area (Å²) in [4.78, 5) is 16.7. The lowest BCUT2D eigenvalue weighted by Crippen LogP contribution is -2.27. The van der Waals surface area contributed by atoms with Crippen molar-refractivity contribution in [1.82, 2.24) is 4.98 Å². The highest BCUT2D eigenvalue weighted by Crippen LogP contribution is 2.29. The van der Waals surface area contributed by atoms with Gasteiger partial charge in [0.25, 0.3) is 0 Å². The van der Waals surface area contributed by atoms with Crippen molar-refractivity contribution in [3.63, 3.8) is 0 Å². The number of nitrogens with zero attached hydrogens (tertiary/aromatic N) is 1. The minimum Gasteiger partial charge on any atom is -0.331 e. The summed E-state index contributed by atoms with van der Waals surface area (Å²) in [6.07, 6.45) is 0. The molecule has 0 radical (unpaired) electrons. The van der Waals surface area contributed by atoms with E-state index < -0.39 is 5.41 Å². The maximum atomic E-state index is 12.1. The molecule has 3 rings (SSSR count). The first kappa shape index (κ1) is 18.4. The van der Waals surface area contributed by atoms with Gasteiger partial charge in [-0.2, -0.15) is 0 Å². The predicted octanol–water partition coefficient (Wildman–Crippen LogP) is 6.19. The van der Waals surface area contributed by atoms with E-state index in [9.17, 15) is 4.79 Å². The van der Waals surface area contributed by atoms with Gasteiger partial charge >= 0.3 is 0 Å². The summed E-state index contributed by atoms with van der Waals surface area (Å²) >= 11 is 7.53. The second kappa shape index (κ2) is 7.48. The molecule has 26 heavy (non-hydrogen) atoms. The Morgan fingerprint density at radius 2 is 1.81 bits per heavy atom. The van der Waals surface area contributed by atoms with E-state index >= 15 is 0 Å². The van der Waals surface area contributed by atoms with Crippen LogP contribution in [0.5, 0.6) is 0 Å². The fraction of sp³-hybridized carbons (Fsp3) is 0.200. The molecule has 0 aliphatic carbocycles. The van der Waals surface area contributed by atoms with Crippen LogP contribution in [-0.2, 0) is 4.79 Å². The van der Waals surface area contributed by atoms with Gasteiger partial charge < -0.3 is 10.6 Å². The molecule has 1 aromatic heterocycles. The van der Waals surface area contributed by atoms with E-state index in [1.807, 2.05) is 74.7 Å². The minimum absolute atomic E-state index is 0.00748. The van der Waals surface area contributed by atoms with Gasteiger partial charge in [-0.25, -0.2) is 4.98 Å². The van der Waals surface area contributed by atoms with Crippen LogP contribution in [0.25, 0.3) is 11.3 Å². The SMILES string of the molecule is CC(C)(C)C(=O)Nc1ccc(-c2csc(Nc3cccc(Cl)c3)n2)cc1. The highest BCUT2D eigenvalue weighted by molar-refractivity contribution is 7.14. The summed E-state index contributed by atoms with van der Waals surface area (Å²) < 4.78 is 0. The van der Waals surface area contributed by atoms with E-state index in [0.717, 1.165) is 27.8 Å². The molecular formula is C20H20ClN3OS. The van der Waals surface area contributed by atoms with Crippen LogP contribution in [0, 0.1) is 5.41 Å². The zero-order chi connectivity index (χ0) is 18.7. The fourth-order valence-electron chi connectivity index (χ4n) is 2.20. The third kappa shape index (κ3) is 4.62. The van der Waals surface area contributed by atoms with Gasteiger partial charge in [0.15, 0.2) is 5.13 Å². The monoisotopic (exact) mass is 385 g/mol. The van der Waals surface area contributed by atoms with E-state index in [0.29, 0.717) is 5.02 Å². The summed E-state index contributed by atoms with van der Waals surface area (Å²) in [5.74, 6) is -0.00748.